The number of rotatable bonds is 8. The molecule has 1 saturated heterocycles. The quantitative estimate of drug-likeness (QED) is 0.795. The van der Waals surface area contributed by atoms with Crippen molar-refractivity contribution < 1.29 is 9.47 Å². The molecule has 3 rings (SSSR count). The number of hydrogen-bond acceptors (Lipinski definition) is 4. The Kier molecular flexibility index (Phi) is 6.14. The van der Waals surface area contributed by atoms with Crippen LogP contribution < -0.4 is 10.5 Å². The summed E-state index contributed by atoms with van der Waals surface area (Å²) >= 11 is 0. The number of methoxy groups -OCH3 is 1. The predicted molar refractivity (Wildman–Crippen MR) is 97.2 cm³/mol. The van der Waals surface area contributed by atoms with Gasteiger partial charge in [-0.25, -0.2) is 0 Å². The minimum atomic E-state index is 0.341. The molecule has 1 saturated carbocycles. The lowest BCUT2D eigenvalue weighted by Crippen LogP contribution is -2.49. The smallest absolute Gasteiger partial charge is 0.119 e. The molecule has 1 heterocycles. The van der Waals surface area contributed by atoms with Crippen molar-refractivity contribution in [1.29, 1.82) is 0 Å². The Labute approximate surface area is 146 Å². The predicted octanol–water partition coefficient (Wildman–Crippen LogP) is 3.05. The van der Waals surface area contributed by atoms with Gasteiger partial charge in [0.1, 0.15) is 5.75 Å². The lowest BCUT2D eigenvalue weighted by molar-refractivity contribution is 0.00559. The summed E-state index contributed by atoms with van der Waals surface area (Å²) in [7, 11) is 1.73. The van der Waals surface area contributed by atoms with Gasteiger partial charge >= 0.3 is 0 Å². The van der Waals surface area contributed by atoms with E-state index in [9.17, 15) is 0 Å². The summed E-state index contributed by atoms with van der Waals surface area (Å²) in [5.74, 6) is 1.65. The van der Waals surface area contributed by atoms with Gasteiger partial charge < -0.3 is 20.1 Å². The molecular weight excluding hydrogens is 300 g/mol. The summed E-state index contributed by atoms with van der Waals surface area (Å²) in [6.45, 7) is 5.85. The third kappa shape index (κ3) is 4.50. The van der Waals surface area contributed by atoms with E-state index in [1.165, 1.54) is 57.3 Å². The Morgan fingerprint density at radius 3 is 2.88 bits per heavy atom. The third-order valence-corrected chi connectivity index (χ3v) is 5.66. The zero-order valence-electron chi connectivity index (χ0n) is 15.0. The van der Waals surface area contributed by atoms with Gasteiger partial charge in [-0.05, 0) is 62.4 Å². The van der Waals surface area contributed by atoms with E-state index in [1.807, 2.05) is 6.07 Å². The largest absolute Gasteiger partial charge is 0.493 e. The van der Waals surface area contributed by atoms with E-state index in [0.29, 0.717) is 17.9 Å². The van der Waals surface area contributed by atoms with Gasteiger partial charge in [-0.3, -0.25) is 0 Å². The lowest BCUT2D eigenvalue weighted by atomic mass is 9.68. The van der Waals surface area contributed by atoms with Crippen molar-refractivity contribution in [2.45, 2.75) is 38.7 Å². The molecule has 1 atom stereocenters. The van der Waals surface area contributed by atoms with Gasteiger partial charge in [0.05, 0.1) is 13.2 Å². The molecular formula is C20H32N2O2. The van der Waals surface area contributed by atoms with E-state index in [2.05, 4.69) is 23.1 Å². The molecule has 1 aliphatic carbocycles. The molecule has 2 fully saturated rings. The topological polar surface area (TPSA) is 47.7 Å². The average Bonchev–Trinajstić information content (AvgIpc) is 2.58. The molecule has 1 aromatic rings. The van der Waals surface area contributed by atoms with Crippen molar-refractivity contribution in [3.05, 3.63) is 29.8 Å². The number of ether oxygens (including phenoxy) is 2. The first kappa shape index (κ1) is 17.7. The molecule has 0 radical (unpaired) electrons. The summed E-state index contributed by atoms with van der Waals surface area (Å²) in [6.07, 6.45) is 6.49. The molecule has 0 amide bonds. The van der Waals surface area contributed by atoms with Crippen molar-refractivity contribution in [3.63, 3.8) is 0 Å². The van der Waals surface area contributed by atoms with Gasteiger partial charge in [-0.1, -0.05) is 18.6 Å². The summed E-state index contributed by atoms with van der Waals surface area (Å²) < 4.78 is 11.4. The highest BCUT2D eigenvalue weighted by atomic mass is 16.5. The molecule has 1 aromatic carbocycles. The van der Waals surface area contributed by atoms with E-state index in [0.717, 1.165) is 18.9 Å². The molecule has 4 nitrogen and oxygen atoms in total. The fourth-order valence-corrected chi connectivity index (χ4v) is 4.11. The van der Waals surface area contributed by atoms with E-state index in [4.69, 9.17) is 15.2 Å². The van der Waals surface area contributed by atoms with Crippen LogP contribution in [0.3, 0.4) is 0 Å². The van der Waals surface area contributed by atoms with Crippen molar-refractivity contribution in [2.24, 2.45) is 17.1 Å². The first-order valence-electron chi connectivity index (χ1n) is 9.36. The number of benzene rings is 1. The summed E-state index contributed by atoms with van der Waals surface area (Å²) in [6, 6.07) is 8.28. The van der Waals surface area contributed by atoms with Crippen LogP contribution in [0, 0.1) is 11.3 Å². The van der Waals surface area contributed by atoms with Gasteiger partial charge in [0, 0.05) is 25.6 Å². The maximum absolute atomic E-state index is 6.19. The third-order valence-electron chi connectivity index (χ3n) is 5.66. The van der Waals surface area contributed by atoms with Crippen LogP contribution in [0.5, 0.6) is 5.75 Å². The van der Waals surface area contributed by atoms with Crippen LogP contribution in [-0.4, -0.2) is 44.8 Å². The van der Waals surface area contributed by atoms with Crippen molar-refractivity contribution in [1.82, 2.24) is 4.90 Å². The first-order valence-corrected chi connectivity index (χ1v) is 9.36. The fourth-order valence-electron chi connectivity index (χ4n) is 4.11. The minimum Gasteiger partial charge on any atom is -0.493 e. The first-order chi connectivity index (χ1) is 11.7. The normalized spacial score (nSPS) is 23.7. The summed E-state index contributed by atoms with van der Waals surface area (Å²) in [5, 5.41) is 0. The Morgan fingerprint density at radius 2 is 2.17 bits per heavy atom. The van der Waals surface area contributed by atoms with Crippen molar-refractivity contribution in [2.75, 3.05) is 39.9 Å². The molecule has 134 valence electrons. The highest BCUT2D eigenvalue weighted by Gasteiger charge is 2.40. The van der Waals surface area contributed by atoms with Gasteiger partial charge in [-0.15, -0.1) is 0 Å². The number of likely N-dealkylation sites (tertiary alicyclic amines) is 1. The SMILES string of the molecule is COCc1cccc(OCC2(CN3CCCC(CN)C3)CCC2)c1. The molecule has 2 N–H and O–H groups in total. The van der Waals surface area contributed by atoms with E-state index in [1.54, 1.807) is 7.11 Å². The van der Waals surface area contributed by atoms with Gasteiger partial charge in [0.15, 0.2) is 0 Å². The van der Waals surface area contributed by atoms with E-state index >= 15 is 0 Å². The molecule has 0 bridgehead atoms. The Balaban J connectivity index is 1.55. The monoisotopic (exact) mass is 332 g/mol. The van der Waals surface area contributed by atoms with Crippen molar-refractivity contribution in [3.8, 4) is 5.75 Å². The van der Waals surface area contributed by atoms with Gasteiger partial charge in [0.2, 0.25) is 0 Å². The number of hydrogen-bond donors (Lipinski definition) is 1. The number of nitrogens with two attached hydrogens (primary N) is 1. The lowest BCUT2D eigenvalue weighted by Gasteiger charge is -2.46. The molecule has 24 heavy (non-hydrogen) atoms. The van der Waals surface area contributed by atoms with E-state index < -0.39 is 0 Å². The molecule has 0 spiro atoms. The maximum atomic E-state index is 6.19. The molecule has 1 aliphatic heterocycles. The van der Waals surface area contributed by atoms with Crippen LogP contribution in [0.2, 0.25) is 0 Å². The highest BCUT2D eigenvalue weighted by Crippen LogP contribution is 2.42. The van der Waals surface area contributed by atoms with Crippen molar-refractivity contribution >= 4 is 0 Å². The molecule has 4 heteroatoms. The maximum Gasteiger partial charge on any atom is 0.119 e. The number of nitrogens with zero attached hydrogens (tertiary/aromatic N) is 1. The zero-order chi connectivity index (χ0) is 16.8. The summed E-state index contributed by atoms with van der Waals surface area (Å²) in [5.41, 5.74) is 7.39. The Bertz CT molecular complexity index is 516. The second-order valence-electron chi connectivity index (χ2n) is 7.70. The van der Waals surface area contributed by atoms with Gasteiger partial charge in [0.25, 0.3) is 0 Å². The molecule has 1 unspecified atom stereocenters. The Hall–Kier alpha value is -1.10. The second-order valence-corrected chi connectivity index (χ2v) is 7.70. The summed E-state index contributed by atoms with van der Waals surface area (Å²) in [4.78, 5) is 2.63. The Morgan fingerprint density at radius 1 is 1.29 bits per heavy atom. The van der Waals surface area contributed by atoms with Crippen LogP contribution in [0.1, 0.15) is 37.7 Å². The van der Waals surface area contributed by atoms with Crippen LogP contribution in [0.25, 0.3) is 0 Å². The molecule has 0 aromatic heterocycles. The van der Waals surface area contributed by atoms with Crippen LogP contribution in [0.15, 0.2) is 24.3 Å². The average molecular weight is 332 g/mol. The van der Waals surface area contributed by atoms with Gasteiger partial charge in [-0.2, -0.15) is 0 Å². The number of piperidine rings is 1. The van der Waals surface area contributed by atoms with Crippen LogP contribution in [0.4, 0.5) is 0 Å². The highest BCUT2D eigenvalue weighted by molar-refractivity contribution is 5.28. The zero-order valence-corrected chi connectivity index (χ0v) is 15.0. The van der Waals surface area contributed by atoms with E-state index in [-0.39, 0.29) is 0 Å². The molecule has 2 aliphatic rings. The van der Waals surface area contributed by atoms with Crippen LogP contribution in [-0.2, 0) is 11.3 Å². The standard InChI is InChI=1S/C20H32N2O2/c1-23-14-17-5-2-7-19(11-17)24-16-20(8-4-9-20)15-22-10-3-6-18(12-21)13-22/h2,5,7,11,18H,3-4,6,8-10,12-16,21H2,1H3. The fraction of sp³-hybridized carbons (Fsp3) is 0.700. The minimum absolute atomic E-state index is 0.341. The second kappa shape index (κ2) is 8.32. The van der Waals surface area contributed by atoms with Crippen LogP contribution >= 0.6 is 0 Å².